The second-order valence-electron chi connectivity index (χ2n) is 5.41. The van der Waals surface area contributed by atoms with E-state index in [0.29, 0.717) is 17.4 Å². The van der Waals surface area contributed by atoms with E-state index < -0.39 is 5.76 Å². The Labute approximate surface area is 113 Å². The summed E-state index contributed by atoms with van der Waals surface area (Å²) in [7, 11) is 0. The molecule has 2 unspecified atom stereocenters. The van der Waals surface area contributed by atoms with Crippen LogP contribution in [0.1, 0.15) is 39.3 Å². The number of hydrogen-bond donors (Lipinski definition) is 2. The maximum atomic E-state index is 11.2. The normalized spacial score (nSPS) is 15.0. The van der Waals surface area contributed by atoms with Gasteiger partial charge in [-0.1, -0.05) is 33.8 Å². The Hall–Kier alpha value is -1.55. The Morgan fingerprint density at radius 1 is 1.32 bits per heavy atom. The average Bonchev–Trinajstić information content (AvgIpc) is 2.74. The van der Waals surface area contributed by atoms with Gasteiger partial charge in [0.05, 0.1) is 5.52 Å². The van der Waals surface area contributed by atoms with Crippen LogP contribution in [-0.4, -0.2) is 11.5 Å². The molecule has 0 radical (unpaired) electrons. The lowest BCUT2D eigenvalue weighted by atomic mass is 9.86. The van der Waals surface area contributed by atoms with Crippen molar-refractivity contribution in [3.8, 4) is 0 Å². The zero-order valence-corrected chi connectivity index (χ0v) is 12.0. The summed E-state index contributed by atoms with van der Waals surface area (Å²) in [5, 5.41) is 3.52. The highest BCUT2D eigenvalue weighted by atomic mass is 16.4. The zero-order chi connectivity index (χ0) is 14.0. The fourth-order valence-corrected chi connectivity index (χ4v) is 2.37. The van der Waals surface area contributed by atoms with Crippen LogP contribution in [0.3, 0.4) is 0 Å². The third-order valence-corrected chi connectivity index (χ3v) is 3.81. The summed E-state index contributed by atoms with van der Waals surface area (Å²) in [6.07, 6.45) is 0. The van der Waals surface area contributed by atoms with Gasteiger partial charge >= 0.3 is 5.76 Å². The molecule has 0 aliphatic rings. The van der Waals surface area contributed by atoms with Crippen LogP contribution >= 0.6 is 0 Å². The van der Waals surface area contributed by atoms with E-state index in [1.54, 1.807) is 0 Å². The topological polar surface area (TPSA) is 58.0 Å². The van der Waals surface area contributed by atoms with Gasteiger partial charge in [-0.25, -0.2) is 4.79 Å². The summed E-state index contributed by atoms with van der Waals surface area (Å²) in [4.78, 5) is 13.9. The molecule has 104 valence electrons. The molecular weight excluding hydrogens is 240 g/mol. The van der Waals surface area contributed by atoms with Gasteiger partial charge in [-0.05, 0) is 36.1 Å². The first-order chi connectivity index (χ1) is 9.02. The van der Waals surface area contributed by atoms with E-state index in [-0.39, 0.29) is 6.04 Å². The van der Waals surface area contributed by atoms with E-state index in [1.807, 2.05) is 12.1 Å². The highest BCUT2D eigenvalue weighted by Gasteiger charge is 2.21. The van der Waals surface area contributed by atoms with Crippen LogP contribution in [-0.2, 0) is 0 Å². The first-order valence-corrected chi connectivity index (χ1v) is 6.89. The molecule has 1 aromatic heterocycles. The molecule has 19 heavy (non-hydrogen) atoms. The maximum absolute atomic E-state index is 11.2. The van der Waals surface area contributed by atoms with Crippen LogP contribution in [0.5, 0.6) is 0 Å². The van der Waals surface area contributed by atoms with Crippen LogP contribution in [0.15, 0.2) is 27.4 Å². The van der Waals surface area contributed by atoms with Gasteiger partial charge in [0.25, 0.3) is 0 Å². The van der Waals surface area contributed by atoms with Crippen molar-refractivity contribution in [3.63, 3.8) is 0 Å². The third kappa shape index (κ3) is 2.89. The fraction of sp³-hybridized carbons (Fsp3) is 0.533. The number of H-pyrrole nitrogens is 1. The molecule has 0 saturated carbocycles. The monoisotopic (exact) mass is 262 g/mol. The van der Waals surface area contributed by atoms with Gasteiger partial charge in [-0.2, -0.15) is 0 Å². The molecule has 0 saturated heterocycles. The van der Waals surface area contributed by atoms with Gasteiger partial charge in [-0.3, -0.25) is 4.98 Å². The number of oxazole rings is 1. The zero-order valence-electron chi connectivity index (χ0n) is 12.0. The number of nitrogens with one attached hydrogen (secondary N) is 2. The predicted molar refractivity (Wildman–Crippen MR) is 77.3 cm³/mol. The molecule has 0 aliphatic carbocycles. The number of fused-ring (bicyclic) bond motifs is 1. The van der Waals surface area contributed by atoms with Gasteiger partial charge in [0.15, 0.2) is 5.58 Å². The van der Waals surface area contributed by atoms with Crippen LogP contribution in [0.25, 0.3) is 11.1 Å². The minimum absolute atomic E-state index is 0.273. The van der Waals surface area contributed by atoms with E-state index in [4.69, 9.17) is 4.42 Å². The van der Waals surface area contributed by atoms with Gasteiger partial charge in [0.1, 0.15) is 0 Å². The van der Waals surface area contributed by atoms with Gasteiger partial charge in [0.2, 0.25) is 0 Å². The molecule has 0 fully saturated rings. The fourth-order valence-electron chi connectivity index (χ4n) is 2.37. The molecular formula is C15H22N2O2. The molecule has 4 nitrogen and oxygen atoms in total. The van der Waals surface area contributed by atoms with Crippen molar-refractivity contribution >= 4 is 11.1 Å². The van der Waals surface area contributed by atoms with E-state index in [0.717, 1.165) is 12.1 Å². The first-order valence-electron chi connectivity index (χ1n) is 6.89. The molecule has 2 rings (SSSR count). The highest BCUT2D eigenvalue weighted by molar-refractivity contribution is 5.72. The summed E-state index contributed by atoms with van der Waals surface area (Å²) in [6, 6.07) is 6.20. The SMILES string of the molecule is CCNC(c1ccc2[nH]c(=O)oc2c1)C(C)C(C)C. The molecule has 1 heterocycles. The van der Waals surface area contributed by atoms with Crippen molar-refractivity contribution in [1.29, 1.82) is 0 Å². The highest BCUT2D eigenvalue weighted by Crippen LogP contribution is 2.29. The lowest BCUT2D eigenvalue weighted by molar-refractivity contribution is 0.307. The van der Waals surface area contributed by atoms with E-state index >= 15 is 0 Å². The number of benzene rings is 1. The first kappa shape index (κ1) is 13.9. The molecule has 0 aliphatic heterocycles. The van der Waals surface area contributed by atoms with E-state index in [1.165, 1.54) is 5.56 Å². The summed E-state index contributed by atoms with van der Waals surface area (Å²) in [6.45, 7) is 9.72. The lowest BCUT2D eigenvalue weighted by Gasteiger charge is -2.28. The predicted octanol–water partition coefficient (Wildman–Crippen LogP) is 3.06. The second kappa shape index (κ2) is 5.61. The van der Waals surface area contributed by atoms with Crippen molar-refractivity contribution in [2.24, 2.45) is 11.8 Å². The molecule has 2 N–H and O–H groups in total. The number of rotatable bonds is 5. The molecule has 1 aromatic carbocycles. The summed E-state index contributed by atoms with van der Waals surface area (Å²) < 4.78 is 5.14. The minimum Gasteiger partial charge on any atom is -0.408 e. The molecule has 0 amide bonds. The van der Waals surface area contributed by atoms with Gasteiger partial charge in [0, 0.05) is 6.04 Å². The quantitative estimate of drug-likeness (QED) is 0.870. The Kier molecular flexibility index (Phi) is 4.10. The van der Waals surface area contributed by atoms with Crippen molar-refractivity contribution < 1.29 is 4.42 Å². The second-order valence-corrected chi connectivity index (χ2v) is 5.41. The lowest BCUT2D eigenvalue weighted by Crippen LogP contribution is -2.29. The van der Waals surface area contributed by atoms with Crippen LogP contribution < -0.4 is 11.1 Å². The average molecular weight is 262 g/mol. The van der Waals surface area contributed by atoms with Gasteiger partial charge in [-0.15, -0.1) is 0 Å². The largest absolute Gasteiger partial charge is 0.417 e. The number of aromatic amines is 1. The van der Waals surface area contributed by atoms with E-state index in [9.17, 15) is 4.79 Å². The number of hydrogen-bond acceptors (Lipinski definition) is 3. The molecule has 0 bridgehead atoms. The molecule has 4 heteroatoms. The van der Waals surface area contributed by atoms with Crippen molar-refractivity contribution in [2.45, 2.75) is 33.7 Å². The van der Waals surface area contributed by atoms with Gasteiger partial charge < -0.3 is 9.73 Å². The molecule has 0 spiro atoms. The third-order valence-electron chi connectivity index (χ3n) is 3.81. The number of aromatic nitrogens is 1. The Morgan fingerprint density at radius 3 is 2.68 bits per heavy atom. The van der Waals surface area contributed by atoms with E-state index in [2.05, 4.69) is 44.1 Å². The standard InChI is InChI=1S/C15H22N2O2/c1-5-16-14(10(4)9(2)3)11-6-7-12-13(8-11)19-15(18)17-12/h6-10,14,16H,5H2,1-4H3,(H,17,18). The molecule has 2 aromatic rings. The maximum Gasteiger partial charge on any atom is 0.417 e. The Morgan fingerprint density at radius 2 is 2.05 bits per heavy atom. The van der Waals surface area contributed by atoms with Crippen molar-refractivity contribution in [2.75, 3.05) is 6.54 Å². The van der Waals surface area contributed by atoms with Crippen LogP contribution in [0.4, 0.5) is 0 Å². The summed E-state index contributed by atoms with van der Waals surface area (Å²) >= 11 is 0. The Balaban J connectivity index is 2.40. The van der Waals surface area contributed by atoms with Crippen molar-refractivity contribution in [1.82, 2.24) is 10.3 Å². The minimum atomic E-state index is -0.399. The molecule has 2 atom stereocenters. The summed E-state index contributed by atoms with van der Waals surface area (Å²) in [5.41, 5.74) is 2.54. The van der Waals surface area contributed by atoms with Crippen LogP contribution in [0, 0.1) is 11.8 Å². The van der Waals surface area contributed by atoms with Crippen LogP contribution in [0.2, 0.25) is 0 Å². The van der Waals surface area contributed by atoms with Crippen molar-refractivity contribution in [3.05, 3.63) is 34.3 Å². The smallest absolute Gasteiger partial charge is 0.408 e. The Bertz CT molecular complexity index is 597. The summed E-state index contributed by atoms with van der Waals surface area (Å²) in [5.74, 6) is 0.685.